The summed E-state index contributed by atoms with van der Waals surface area (Å²) in [5.41, 5.74) is 5.57. The Hall–Kier alpha value is -0.0105. The summed E-state index contributed by atoms with van der Waals surface area (Å²) in [5, 5.41) is 0. The van der Waals surface area contributed by atoms with E-state index >= 15 is 0 Å². The van der Waals surface area contributed by atoms with Gasteiger partial charge in [0.2, 0.25) is 0 Å². The van der Waals surface area contributed by atoms with Crippen LogP contribution >= 0.6 is 0 Å². The Morgan fingerprint density at radius 3 is 2.67 bits per heavy atom. The van der Waals surface area contributed by atoms with Crippen molar-refractivity contribution < 1.29 is 0 Å². The first-order valence-electron chi connectivity index (χ1n) is 3.24. The van der Waals surface area contributed by atoms with Crippen LogP contribution in [0.25, 0.3) is 0 Å². The molecule has 0 bridgehead atoms. The maximum absolute atomic E-state index is 5.57. The number of aliphatic imine (C=N–C) groups is 1. The number of hydrogen-bond donors (Lipinski definition) is 1. The van der Waals surface area contributed by atoms with Crippen molar-refractivity contribution in [3.63, 3.8) is 0 Å². The molecule has 2 atom stereocenters. The van der Waals surface area contributed by atoms with Crippen molar-refractivity contribution in [3.8, 4) is 0 Å². The van der Waals surface area contributed by atoms with Crippen LogP contribution < -0.4 is 5.73 Å². The summed E-state index contributed by atoms with van der Waals surface area (Å²) in [7, 11) is 0. The Labute approximate surface area is 62.1 Å². The summed E-state index contributed by atoms with van der Waals surface area (Å²) in [6.45, 7) is 4.35. The second-order valence-corrected chi connectivity index (χ2v) is 4.91. The van der Waals surface area contributed by atoms with E-state index in [-0.39, 0.29) is 0 Å². The molecule has 0 spiro atoms. The molecule has 1 rings (SSSR count). The molecule has 0 aromatic heterocycles. The fourth-order valence-corrected chi connectivity index (χ4v) is 3.01. The molecule has 52 valence electrons. The molecular formula is C6H12N2Se. The first kappa shape index (κ1) is 7.10. The monoisotopic (exact) mass is 192 g/mol. The van der Waals surface area contributed by atoms with Crippen molar-refractivity contribution in [1.82, 2.24) is 0 Å². The van der Waals surface area contributed by atoms with Gasteiger partial charge in [-0.3, -0.25) is 0 Å². The van der Waals surface area contributed by atoms with Crippen molar-refractivity contribution in [2.75, 3.05) is 0 Å². The van der Waals surface area contributed by atoms with Crippen LogP contribution in [-0.4, -0.2) is 25.7 Å². The molecule has 9 heavy (non-hydrogen) atoms. The zero-order valence-electron chi connectivity index (χ0n) is 5.79. The van der Waals surface area contributed by atoms with E-state index < -0.39 is 0 Å². The number of nitrogens with zero attached hydrogens (tertiary/aromatic N) is 1. The fraction of sp³-hybridized carbons (Fsp3) is 0.833. The van der Waals surface area contributed by atoms with Crippen molar-refractivity contribution in [1.29, 1.82) is 0 Å². The normalized spacial score (nSPS) is 34.7. The summed E-state index contributed by atoms with van der Waals surface area (Å²) in [4.78, 5) is 5.04. The van der Waals surface area contributed by atoms with Crippen LogP contribution in [0.4, 0.5) is 0 Å². The fourth-order valence-electron chi connectivity index (χ4n) is 0.992. The Balaban J connectivity index is 2.49. The third-order valence-electron chi connectivity index (χ3n) is 1.54. The third-order valence-corrected chi connectivity index (χ3v) is 4.43. The second kappa shape index (κ2) is 2.72. The van der Waals surface area contributed by atoms with E-state index in [2.05, 4.69) is 18.8 Å². The van der Waals surface area contributed by atoms with Gasteiger partial charge in [0.25, 0.3) is 0 Å². The van der Waals surface area contributed by atoms with Gasteiger partial charge in [-0.25, -0.2) is 0 Å². The van der Waals surface area contributed by atoms with E-state index in [0.29, 0.717) is 21.0 Å². The molecule has 0 fully saturated rings. The minimum atomic E-state index is 0.494. The molecule has 1 heterocycles. The molecule has 0 radical (unpaired) electrons. The molecule has 1 unspecified atom stereocenters. The first-order chi connectivity index (χ1) is 4.24. The van der Waals surface area contributed by atoms with Crippen molar-refractivity contribution in [3.05, 3.63) is 0 Å². The van der Waals surface area contributed by atoms with Crippen LogP contribution in [0.1, 0.15) is 20.3 Å². The van der Waals surface area contributed by atoms with Crippen molar-refractivity contribution in [2.24, 2.45) is 10.7 Å². The quantitative estimate of drug-likeness (QED) is 0.606. The number of hydrogen-bond acceptors (Lipinski definition) is 2. The average molecular weight is 191 g/mol. The van der Waals surface area contributed by atoms with E-state index in [4.69, 9.17) is 5.73 Å². The van der Waals surface area contributed by atoms with Crippen LogP contribution in [0.3, 0.4) is 0 Å². The molecule has 3 heteroatoms. The average Bonchev–Trinajstić information content (AvgIpc) is 2.10. The van der Waals surface area contributed by atoms with Gasteiger partial charge in [0.05, 0.1) is 0 Å². The van der Waals surface area contributed by atoms with Crippen LogP contribution in [0.2, 0.25) is 4.82 Å². The molecule has 2 nitrogen and oxygen atoms in total. The zero-order chi connectivity index (χ0) is 6.85. The summed E-state index contributed by atoms with van der Waals surface area (Å²) in [5.74, 6) is 0. The van der Waals surface area contributed by atoms with Gasteiger partial charge in [0.15, 0.2) is 0 Å². The molecule has 2 N–H and O–H groups in total. The Morgan fingerprint density at radius 2 is 2.44 bits per heavy atom. The van der Waals surface area contributed by atoms with Crippen LogP contribution in [-0.2, 0) is 0 Å². The molecule has 0 aromatic rings. The molecule has 1 aliphatic heterocycles. The molecule has 1 aliphatic rings. The topological polar surface area (TPSA) is 38.4 Å². The van der Waals surface area contributed by atoms with Crippen LogP contribution in [0.15, 0.2) is 4.99 Å². The summed E-state index contributed by atoms with van der Waals surface area (Å²) >= 11 is 0.494. The third kappa shape index (κ3) is 1.46. The Morgan fingerprint density at radius 1 is 1.78 bits per heavy atom. The second-order valence-electron chi connectivity index (χ2n) is 2.27. The molecule has 0 aliphatic carbocycles. The first-order valence-corrected chi connectivity index (χ1v) is 5.08. The van der Waals surface area contributed by atoms with Crippen molar-refractivity contribution in [2.45, 2.75) is 31.1 Å². The standard InChI is InChI=1S/C6H12N2Se/c1-3-5-4(2)8-6(7)9-5/h4-5H,3H2,1-2H3,(H2,7,8)/t4-,5?/m1/s1. The molecule has 0 amide bonds. The Bertz CT molecular complexity index is 133. The van der Waals surface area contributed by atoms with Gasteiger partial charge in [-0.05, 0) is 0 Å². The van der Waals surface area contributed by atoms with Crippen LogP contribution in [0, 0.1) is 0 Å². The Kier molecular flexibility index (Phi) is 2.14. The van der Waals surface area contributed by atoms with E-state index in [1.807, 2.05) is 0 Å². The van der Waals surface area contributed by atoms with E-state index in [9.17, 15) is 0 Å². The van der Waals surface area contributed by atoms with Crippen LogP contribution in [0.5, 0.6) is 0 Å². The SMILES string of the molecule is CCC1[Se]C(N)=N[C@@H]1C. The molecule has 0 aromatic carbocycles. The maximum atomic E-state index is 5.57. The van der Waals surface area contributed by atoms with Gasteiger partial charge in [0, 0.05) is 0 Å². The minimum absolute atomic E-state index is 0.494. The zero-order valence-corrected chi connectivity index (χ0v) is 7.51. The van der Waals surface area contributed by atoms with Gasteiger partial charge >= 0.3 is 61.5 Å². The molecule has 0 saturated heterocycles. The van der Waals surface area contributed by atoms with Gasteiger partial charge < -0.3 is 0 Å². The summed E-state index contributed by atoms with van der Waals surface area (Å²) in [6.07, 6.45) is 1.23. The van der Waals surface area contributed by atoms with Gasteiger partial charge in [-0.2, -0.15) is 0 Å². The number of amidine groups is 1. The van der Waals surface area contributed by atoms with E-state index in [0.717, 1.165) is 9.55 Å². The summed E-state index contributed by atoms with van der Waals surface area (Å²) < 4.78 is 0.904. The van der Waals surface area contributed by atoms with Gasteiger partial charge in [-0.15, -0.1) is 0 Å². The molecular weight excluding hydrogens is 179 g/mol. The van der Waals surface area contributed by atoms with Crippen molar-refractivity contribution >= 4 is 19.7 Å². The van der Waals surface area contributed by atoms with E-state index in [1.165, 1.54) is 6.42 Å². The predicted octanol–water partition coefficient (Wildman–Crippen LogP) is 0.606. The van der Waals surface area contributed by atoms with Gasteiger partial charge in [0.1, 0.15) is 0 Å². The number of rotatable bonds is 1. The predicted molar refractivity (Wildman–Crippen MR) is 40.9 cm³/mol. The number of nitrogens with two attached hydrogens (primary N) is 1. The van der Waals surface area contributed by atoms with Gasteiger partial charge in [-0.1, -0.05) is 0 Å². The summed E-state index contributed by atoms with van der Waals surface area (Å²) in [6, 6.07) is 0.495. The molecule has 0 saturated carbocycles. The van der Waals surface area contributed by atoms with E-state index in [1.54, 1.807) is 0 Å².